The van der Waals surface area contributed by atoms with Crippen LogP contribution >= 0.6 is 0 Å². The molecule has 3 rings (SSSR count). The average molecular weight is 313 g/mol. The highest BCUT2D eigenvalue weighted by Gasteiger charge is 2.10. The number of anilines is 1. The number of hydrogen-bond acceptors (Lipinski definition) is 6. The second kappa shape index (κ2) is 6.27. The minimum Gasteiger partial charge on any atom is -0.504 e. The number of rotatable bonds is 6. The highest BCUT2D eigenvalue weighted by molar-refractivity contribution is 5.63. The quantitative estimate of drug-likeness (QED) is 0.679. The maximum atomic E-state index is 10.8. The van der Waals surface area contributed by atoms with E-state index in [0.717, 1.165) is 5.56 Å². The number of benzene rings is 1. The SMILES string of the molecule is COc1ccc(CNc2ccc3nccn3c2OC=O)cc1O. The van der Waals surface area contributed by atoms with Crippen LogP contribution in [0, 0.1) is 0 Å². The van der Waals surface area contributed by atoms with Crippen molar-refractivity contribution in [3.05, 3.63) is 48.3 Å². The van der Waals surface area contributed by atoms with Crippen molar-refractivity contribution in [2.75, 3.05) is 12.4 Å². The van der Waals surface area contributed by atoms with E-state index < -0.39 is 0 Å². The number of methoxy groups -OCH3 is 1. The van der Waals surface area contributed by atoms with Crippen molar-refractivity contribution >= 4 is 17.8 Å². The number of phenolic OH excluding ortho intramolecular Hbond substituents is 1. The topological polar surface area (TPSA) is 85.1 Å². The zero-order chi connectivity index (χ0) is 16.2. The van der Waals surface area contributed by atoms with Crippen LogP contribution in [-0.4, -0.2) is 28.1 Å². The van der Waals surface area contributed by atoms with Gasteiger partial charge in [0.15, 0.2) is 11.5 Å². The number of pyridine rings is 1. The molecule has 0 saturated heterocycles. The molecule has 0 amide bonds. The summed E-state index contributed by atoms with van der Waals surface area (Å²) in [6.07, 6.45) is 3.33. The van der Waals surface area contributed by atoms with Gasteiger partial charge in [0.2, 0.25) is 5.88 Å². The lowest BCUT2D eigenvalue weighted by Gasteiger charge is -2.12. The average Bonchev–Trinajstić information content (AvgIpc) is 3.03. The summed E-state index contributed by atoms with van der Waals surface area (Å²) in [5, 5.41) is 13.0. The van der Waals surface area contributed by atoms with Gasteiger partial charge in [-0.1, -0.05) is 6.07 Å². The fraction of sp³-hybridized carbons (Fsp3) is 0.125. The molecular weight excluding hydrogens is 298 g/mol. The fourth-order valence-corrected chi connectivity index (χ4v) is 2.31. The van der Waals surface area contributed by atoms with Gasteiger partial charge >= 0.3 is 0 Å². The largest absolute Gasteiger partial charge is 0.504 e. The summed E-state index contributed by atoms with van der Waals surface area (Å²) >= 11 is 0. The lowest BCUT2D eigenvalue weighted by molar-refractivity contribution is -0.120. The van der Waals surface area contributed by atoms with Crippen molar-refractivity contribution in [2.45, 2.75) is 6.54 Å². The Morgan fingerprint density at radius 1 is 1.35 bits per heavy atom. The first-order valence-electron chi connectivity index (χ1n) is 6.89. The van der Waals surface area contributed by atoms with E-state index in [9.17, 15) is 9.90 Å². The molecule has 3 aromatic rings. The van der Waals surface area contributed by atoms with Gasteiger partial charge in [-0.3, -0.25) is 9.20 Å². The second-order valence-corrected chi connectivity index (χ2v) is 4.78. The van der Waals surface area contributed by atoms with Crippen LogP contribution in [0.25, 0.3) is 5.65 Å². The number of ether oxygens (including phenoxy) is 2. The molecule has 0 spiro atoms. The van der Waals surface area contributed by atoms with E-state index in [1.807, 2.05) is 12.1 Å². The van der Waals surface area contributed by atoms with Crippen LogP contribution in [0.4, 0.5) is 5.69 Å². The Morgan fingerprint density at radius 2 is 2.22 bits per heavy atom. The first-order chi connectivity index (χ1) is 11.2. The van der Waals surface area contributed by atoms with E-state index >= 15 is 0 Å². The van der Waals surface area contributed by atoms with Crippen molar-refractivity contribution in [1.82, 2.24) is 9.38 Å². The number of imidazole rings is 1. The minimum absolute atomic E-state index is 0.0706. The highest BCUT2D eigenvalue weighted by Crippen LogP contribution is 2.28. The van der Waals surface area contributed by atoms with Gasteiger partial charge in [0.05, 0.1) is 12.8 Å². The number of carbonyl (C=O) groups is 1. The molecule has 2 heterocycles. The molecule has 0 fully saturated rings. The van der Waals surface area contributed by atoms with Crippen LogP contribution in [0.2, 0.25) is 0 Å². The van der Waals surface area contributed by atoms with Crippen molar-refractivity contribution in [2.24, 2.45) is 0 Å². The molecule has 0 unspecified atom stereocenters. The molecule has 118 valence electrons. The Kier molecular flexibility index (Phi) is 4.01. The normalized spacial score (nSPS) is 10.5. The van der Waals surface area contributed by atoms with Crippen LogP contribution in [0.15, 0.2) is 42.7 Å². The number of aromatic nitrogens is 2. The molecule has 0 aliphatic heterocycles. The van der Waals surface area contributed by atoms with E-state index in [-0.39, 0.29) is 5.75 Å². The molecule has 2 aromatic heterocycles. The predicted molar refractivity (Wildman–Crippen MR) is 83.9 cm³/mol. The molecular formula is C16H15N3O4. The van der Waals surface area contributed by atoms with Crippen molar-refractivity contribution in [3.8, 4) is 17.4 Å². The standard InChI is InChI=1S/C16H15N3O4/c1-22-14-4-2-11(8-13(14)21)9-18-12-3-5-15-17-6-7-19(15)16(12)23-10-20/h2-8,10,18,21H,9H2,1H3. The molecule has 7 heteroatoms. The number of carbonyl (C=O) groups excluding carboxylic acids is 1. The molecule has 0 radical (unpaired) electrons. The van der Waals surface area contributed by atoms with Gasteiger partial charge in [0, 0.05) is 18.9 Å². The second-order valence-electron chi connectivity index (χ2n) is 4.78. The summed E-state index contributed by atoms with van der Waals surface area (Å²) < 4.78 is 11.8. The zero-order valence-corrected chi connectivity index (χ0v) is 12.4. The smallest absolute Gasteiger partial charge is 0.299 e. The van der Waals surface area contributed by atoms with E-state index in [1.165, 1.54) is 7.11 Å². The fourth-order valence-electron chi connectivity index (χ4n) is 2.31. The molecule has 0 bridgehead atoms. The van der Waals surface area contributed by atoms with E-state index in [4.69, 9.17) is 9.47 Å². The van der Waals surface area contributed by atoms with Crippen LogP contribution in [-0.2, 0) is 11.3 Å². The molecule has 1 aromatic carbocycles. The number of phenols is 1. The first kappa shape index (κ1) is 14.7. The molecule has 2 N–H and O–H groups in total. The first-order valence-corrected chi connectivity index (χ1v) is 6.89. The number of fused-ring (bicyclic) bond motifs is 1. The number of hydrogen-bond donors (Lipinski definition) is 2. The Balaban J connectivity index is 1.85. The third-order valence-corrected chi connectivity index (χ3v) is 3.40. The summed E-state index contributed by atoms with van der Waals surface area (Å²) in [6.45, 7) is 0.812. The summed E-state index contributed by atoms with van der Waals surface area (Å²) in [4.78, 5) is 14.9. The number of nitrogens with one attached hydrogen (secondary N) is 1. The Labute approximate surface area is 132 Å². The summed E-state index contributed by atoms with van der Waals surface area (Å²) in [5.74, 6) is 0.840. The Hall–Kier alpha value is -3.22. The molecule has 0 atom stereocenters. The Morgan fingerprint density at radius 3 is 2.96 bits per heavy atom. The van der Waals surface area contributed by atoms with Crippen LogP contribution in [0.3, 0.4) is 0 Å². The molecule has 23 heavy (non-hydrogen) atoms. The van der Waals surface area contributed by atoms with Gasteiger partial charge in [0.25, 0.3) is 6.47 Å². The minimum atomic E-state index is 0.0706. The van der Waals surface area contributed by atoms with E-state index in [0.29, 0.717) is 36.0 Å². The lowest BCUT2D eigenvalue weighted by atomic mass is 10.2. The van der Waals surface area contributed by atoms with Crippen LogP contribution in [0.1, 0.15) is 5.56 Å². The zero-order valence-electron chi connectivity index (χ0n) is 12.4. The third kappa shape index (κ3) is 2.89. The molecule has 0 aliphatic rings. The summed E-state index contributed by atoms with van der Waals surface area (Å²) in [6, 6.07) is 8.73. The number of aromatic hydroxyl groups is 1. The Bertz CT molecular complexity index is 844. The molecule has 7 nitrogen and oxygen atoms in total. The highest BCUT2D eigenvalue weighted by atomic mass is 16.5. The molecule has 0 saturated carbocycles. The monoisotopic (exact) mass is 313 g/mol. The number of nitrogens with zero attached hydrogens (tertiary/aromatic N) is 2. The summed E-state index contributed by atoms with van der Waals surface area (Å²) in [5.41, 5.74) is 2.17. The van der Waals surface area contributed by atoms with Crippen LogP contribution < -0.4 is 14.8 Å². The van der Waals surface area contributed by atoms with E-state index in [1.54, 1.807) is 35.0 Å². The van der Waals surface area contributed by atoms with Crippen LogP contribution in [0.5, 0.6) is 17.4 Å². The predicted octanol–water partition coefficient (Wildman–Crippen LogP) is 2.20. The van der Waals surface area contributed by atoms with Crippen molar-refractivity contribution in [1.29, 1.82) is 0 Å². The maximum Gasteiger partial charge on any atom is 0.299 e. The van der Waals surface area contributed by atoms with Crippen molar-refractivity contribution in [3.63, 3.8) is 0 Å². The van der Waals surface area contributed by atoms with Gasteiger partial charge in [0.1, 0.15) is 5.65 Å². The van der Waals surface area contributed by atoms with Gasteiger partial charge in [-0.15, -0.1) is 0 Å². The lowest BCUT2D eigenvalue weighted by Crippen LogP contribution is -2.05. The van der Waals surface area contributed by atoms with Gasteiger partial charge in [-0.2, -0.15) is 0 Å². The van der Waals surface area contributed by atoms with E-state index in [2.05, 4.69) is 10.3 Å². The van der Waals surface area contributed by atoms with Crippen molar-refractivity contribution < 1.29 is 19.4 Å². The summed E-state index contributed by atoms with van der Waals surface area (Å²) in [7, 11) is 1.50. The molecule has 0 aliphatic carbocycles. The maximum absolute atomic E-state index is 10.8. The van der Waals surface area contributed by atoms with Gasteiger partial charge in [-0.25, -0.2) is 4.98 Å². The van der Waals surface area contributed by atoms with Gasteiger partial charge < -0.3 is 19.9 Å². The third-order valence-electron chi connectivity index (χ3n) is 3.40. The van der Waals surface area contributed by atoms with Gasteiger partial charge in [-0.05, 0) is 29.8 Å².